The molecule has 0 spiro atoms. The van der Waals surface area contributed by atoms with E-state index in [-0.39, 0.29) is 5.75 Å². The lowest BCUT2D eigenvalue weighted by molar-refractivity contribution is 0.475. The topological polar surface area (TPSA) is 50.1 Å². The predicted octanol–water partition coefficient (Wildman–Crippen LogP) is 3.65. The van der Waals surface area contributed by atoms with Gasteiger partial charge in [-0.15, -0.1) is 0 Å². The van der Waals surface area contributed by atoms with Crippen molar-refractivity contribution < 1.29 is 5.11 Å². The van der Waals surface area contributed by atoms with Crippen LogP contribution in [0.1, 0.15) is 16.8 Å². The third-order valence-electron chi connectivity index (χ3n) is 4.64. The van der Waals surface area contributed by atoms with Gasteiger partial charge in [-0.3, -0.25) is 4.68 Å². The second kappa shape index (κ2) is 6.90. The van der Waals surface area contributed by atoms with Gasteiger partial charge < -0.3 is 10.4 Å². The molecule has 0 unspecified atom stereocenters. The Balaban J connectivity index is 1.76. The minimum atomic E-state index is 0.286. The standard InChI is InChI=1S/C20H20ClN3O/c21-16-5-3-15(4-6-16)20-18-9-11-22-12-10-19(18)24(23-20)13-14-1-7-17(25)8-2-14/h1-8,22,25H,9-13H2. The van der Waals surface area contributed by atoms with Crippen LogP contribution in [0.15, 0.2) is 48.5 Å². The molecule has 0 amide bonds. The quantitative estimate of drug-likeness (QED) is 0.755. The van der Waals surface area contributed by atoms with Gasteiger partial charge >= 0.3 is 0 Å². The van der Waals surface area contributed by atoms with Gasteiger partial charge in [-0.25, -0.2) is 0 Å². The van der Waals surface area contributed by atoms with Gasteiger partial charge in [-0.05, 0) is 42.8 Å². The van der Waals surface area contributed by atoms with Gasteiger partial charge in [0.2, 0.25) is 0 Å². The summed E-state index contributed by atoms with van der Waals surface area (Å²) in [5, 5.41) is 18.6. The maximum atomic E-state index is 9.49. The van der Waals surface area contributed by atoms with Gasteiger partial charge in [0.1, 0.15) is 5.75 Å². The molecule has 2 N–H and O–H groups in total. The molecule has 0 atom stereocenters. The van der Waals surface area contributed by atoms with Crippen molar-refractivity contribution in [3.63, 3.8) is 0 Å². The SMILES string of the molecule is Oc1ccc(Cn2nc(-c3ccc(Cl)cc3)c3c2CCNCC3)cc1. The molecule has 0 saturated heterocycles. The van der Waals surface area contributed by atoms with Gasteiger partial charge in [0, 0.05) is 34.8 Å². The van der Waals surface area contributed by atoms with Gasteiger partial charge in [0.25, 0.3) is 0 Å². The fourth-order valence-corrected chi connectivity index (χ4v) is 3.49. The molecule has 2 aromatic carbocycles. The van der Waals surface area contributed by atoms with E-state index in [1.54, 1.807) is 12.1 Å². The van der Waals surface area contributed by atoms with E-state index in [4.69, 9.17) is 16.7 Å². The average Bonchev–Trinajstić information content (AvgIpc) is 2.80. The lowest BCUT2D eigenvalue weighted by Gasteiger charge is -2.07. The van der Waals surface area contributed by atoms with E-state index in [0.717, 1.165) is 47.8 Å². The largest absolute Gasteiger partial charge is 0.508 e. The first-order valence-electron chi connectivity index (χ1n) is 8.54. The molecule has 3 aromatic rings. The van der Waals surface area contributed by atoms with Crippen molar-refractivity contribution >= 4 is 11.6 Å². The zero-order valence-corrected chi connectivity index (χ0v) is 14.6. The average molecular weight is 354 g/mol. The summed E-state index contributed by atoms with van der Waals surface area (Å²) >= 11 is 6.04. The first-order chi connectivity index (χ1) is 12.2. The molecule has 128 valence electrons. The number of fused-ring (bicyclic) bond motifs is 1. The third kappa shape index (κ3) is 3.41. The van der Waals surface area contributed by atoms with Crippen LogP contribution >= 0.6 is 11.6 Å². The summed E-state index contributed by atoms with van der Waals surface area (Å²) in [6, 6.07) is 15.2. The Morgan fingerprint density at radius 1 is 1.00 bits per heavy atom. The fraction of sp³-hybridized carbons (Fsp3) is 0.250. The lowest BCUT2D eigenvalue weighted by atomic mass is 10.0. The molecule has 2 heterocycles. The van der Waals surface area contributed by atoms with Gasteiger partial charge in [0.15, 0.2) is 0 Å². The van der Waals surface area contributed by atoms with Crippen LogP contribution in [-0.4, -0.2) is 28.0 Å². The van der Waals surface area contributed by atoms with Crippen molar-refractivity contribution in [1.29, 1.82) is 0 Å². The zero-order chi connectivity index (χ0) is 17.2. The molecular weight excluding hydrogens is 334 g/mol. The lowest BCUT2D eigenvalue weighted by Crippen LogP contribution is -2.17. The van der Waals surface area contributed by atoms with Crippen LogP contribution in [0.4, 0.5) is 0 Å². The van der Waals surface area contributed by atoms with E-state index in [9.17, 15) is 5.11 Å². The molecule has 0 fully saturated rings. The van der Waals surface area contributed by atoms with E-state index in [0.29, 0.717) is 6.54 Å². The van der Waals surface area contributed by atoms with E-state index >= 15 is 0 Å². The highest BCUT2D eigenvalue weighted by Crippen LogP contribution is 2.29. The summed E-state index contributed by atoms with van der Waals surface area (Å²) in [4.78, 5) is 0. The monoisotopic (exact) mass is 353 g/mol. The van der Waals surface area contributed by atoms with Crippen LogP contribution in [-0.2, 0) is 19.4 Å². The number of nitrogens with one attached hydrogen (secondary N) is 1. The number of phenols is 1. The number of hydrogen-bond acceptors (Lipinski definition) is 3. The summed E-state index contributed by atoms with van der Waals surface area (Å²) in [6.07, 6.45) is 1.94. The molecule has 0 aliphatic carbocycles. The Bertz CT molecular complexity index is 869. The van der Waals surface area contributed by atoms with Crippen molar-refractivity contribution in [3.05, 3.63) is 70.4 Å². The number of aromatic nitrogens is 2. The summed E-state index contributed by atoms with van der Waals surface area (Å²) in [6.45, 7) is 2.64. The molecule has 0 radical (unpaired) electrons. The smallest absolute Gasteiger partial charge is 0.115 e. The maximum absolute atomic E-state index is 9.49. The Morgan fingerprint density at radius 2 is 1.72 bits per heavy atom. The van der Waals surface area contributed by atoms with Crippen LogP contribution in [0.5, 0.6) is 5.75 Å². The van der Waals surface area contributed by atoms with Crippen molar-refractivity contribution in [2.75, 3.05) is 13.1 Å². The van der Waals surface area contributed by atoms with E-state index in [2.05, 4.69) is 10.00 Å². The number of benzene rings is 2. The number of phenolic OH excluding ortho intramolecular Hbond substituents is 1. The molecule has 25 heavy (non-hydrogen) atoms. The first-order valence-corrected chi connectivity index (χ1v) is 8.91. The Morgan fingerprint density at radius 3 is 2.48 bits per heavy atom. The second-order valence-corrected chi connectivity index (χ2v) is 6.79. The Hall–Kier alpha value is -2.30. The Kier molecular flexibility index (Phi) is 4.47. The highest BCUT2D eigenvalue weighted by atomic mass is 35.5. The number of hydrogen-bond donors (Lipinski definition) is 2. The van der Waals surface area contributed by atoms with Crippen LogP contribution in [0.2, 0.25) is 5.02 Å². The molecule has 1 aliphatic rings. The normalized spacial score (nSPS) is 14.1. The molecule has 0 bridgehead atoms. The maximum Gasteiger partial charge on any atom is 0.115 e. The number of rotatable bonds is 3. The van der Waals surface area contributed by atoms with Gasteiger partial charge in [0.05, 0.1) is 12.2 Å². The second-order valence-electron chi connectivity index (χ2n) is 6.35. The number of aromatic hydroxyl groups is 1. The van der Waals surface area contributed by atoms with E-state index in [1.807, 2.05) is 36.4 Å². The zero-order valence-electron chi connectivity index (χ0n) is 13.9. The molecule has 0 saturated carbocycles. The molecule has 4 rings (SSSR count). The molecule has 1 aliphatic heterocycles. The molecular formula is C20H20ClN3O. The summed E-state index contributed by atoms with van der Waals surface area (Å²) in [7, 11) is 0. The summed E-state index contributed by atoms with van der Waals surface area (Å²) < 4.78 is 2.11. The molecule has 5 heteroatoms. The van der Waals surface area contributed by atoms with Crippen LogP contribution in [0.25, 0.3) is 11.3 Å². The number of nitrogens with zero attached hydrogens (tertiary/aromatic N) is 2. The van der Waals surface area contributed by atoms with Crippen LogP contribution in [0.3, 0.4) is 0 Å². The highest BCUT2D eigenvalue weighted by Gasteiger charge is 2.20. The first kappa shape index (κ1) is 16.2. The molecule has 4 nitrogen and oxygen atoms in total. The van der Waals surface area contributed by atoms with Crippen molar-refractivity contribution in [2.45, 2.75) is 19.4 Å². The van der Waals surface area contributed by atoms with Crippen molar-refractivity contribution in [1.82, 2.24) is 15.1 Å². The fourth-order valence-electron chi connectivity index (χ4n) is 3.37. The highest BCUT2D eigenvalue weighted by molar-refractivity contribution is 6.30. The summed E-state index contributed by atoms with van der Waals surface area (Å²) in [5.41, 5.74) is 5.90. The van der Waals surface area contributed by atoms with E-state index in [1.165, 1.54) is 11.3 Å². The van der Waals surface area contributed by atoms with Crippen LogP contribution in [0, 0.1) is 0 Å². The Labute approximate surface area is 152 Å². The summed E-state index contributed by atoms with van der Waals surface area (Å²) in [5.74, 6) is 0.286. The predicted molar refractivity (Wildman–Crippen MR) is 100 cm³/mol. The van der Waals surface area contributed by atoms with Crippen molar-refractivity contribution in [2.24, 2.45) is 0 Å². The number of halogens is 1. The minimum Gasteiger partial charge on any atom is -0.508 e. The van der Waals surface area contributed by atoms with Gasteiger partial charge in [-0.2, -0.15) is 5.10 Å². The van der Waals surface area contributed by atoms with E-state index < -0.39 is 0 Å². The van der Waals surface area contributed by atoms with Crippen molar-refractivity contribution in [3.8, 4) is 17.0 Å². The minimum absolute atomic E-state index is 0.286. The third-order valence-corrected chi connectivity index (χ3v) is 4.90. The molecule has 1 aromatic heterocycles. The van der Waals surface area contributed by atoms with Crippen LogP contribution < -0.4 is 5.32 Å². The van der Waals surface area contributed by atoms with Gasteiger partial charge in [-0.1, -0.05) is 35.9 Å².